The molecule has 2 N–H and O–H groups in total. The number of imidazole rings is 1. The minimum atomic E-state index is -0.527. The second-order valence-corrected chi connectivity index (χ2v) is 4.23. The highest BCUT2D eigenvalue weighted by Gasteiger charge is 2.04. The molecule has 5 heteroatoms. The number of anilines is 1. The Labute approximate surface area is 105 Å². The monoisotopic (exact) mass is 253 g/mol. The van der Waals surface area contributed by atoms with E-state index >= 15 is 0 Å². The lowest BCUT2D eigenvalue weighted by Crippen LogP contribution is -2.20. The van der Waals surface area contributed by atoms with Gasteiger partial charge in [0.25, 0.3) is 0 Å². The van der Waals surface area contributed by atoms with Crippen LogP contribution in [0.3, 0.4) is 0 Å². The van der Waals surface area contributed by atoms with Crippen LogP contribution in [0.4, 0.5) is 5.69 Å². The van der Waals surface area contributed by atoms with E-state index in [0.29, 0.717) is 6.54 Å². The molecule has 0 aliphatic heterocycles. The summed E-state index contributed by atoms with van der Waals surface area (Å²) in [6.07, 6.45) is 1.31. The van der Waals surface area contributed by atoms with Crippen molar-refractivity contribution in [1.29, 1.82) is 0 Å². The second kappa shape index (κ2) is 5.38. The third-order valence-electron chi connectivity index (χ3n) is 2.68. The molecule has 0 spiro atoms. The number of halogens is 1. The molecule has 2 rings (SSSR count). The quantitative estimate of drug-likeness (QED) is 0.802. The van der Waals surface area contributed by atoms with Gasteiger partial charge in [-0.2, -0.15) is 0 Å². The fourth-order valence-electron chi connectivity index (χ4n) is 1.72. The normalized spacial score (nSPS) is 12.9. The van der Waals surface area contributed by atoms with Crippen molar-refractivity contribution in [1.82, 2.24) is 9.55 Å². The molecule has 1 atom stereocenters. The fraction of sp³-hybridized carbons (Fsp3) is 0.417. The van der Waals surface area contributed by atoms with Crippen molar-refractivity contribution in [2.75, 3.05) is 17.7 Å². The van der Waals surface area contributed by atoms with Crippen LogP contribution in [0.1, 0.15) is 6.92 Å². The van der Waals surface area contributed by atoms with Crippen LogP contribution in [0.15, 0.2) is 24.5 Å². The molecule has 0 amide bonds. The van der Waals surface area contributed by atoms with Gasteiger partial charge in [0.05, 0.1) is 29.3 Å². The highest BCUT2D eigenvalue weighted by molar-refractivity contribution is 6.18. The molecule has 0 fully saturated rings. The molecule has 2 aromatic rings. The molecule has 92 valence electrons. The topological polar surface area (TPSA) is 50.1 Å². The van der Waals surface area contributed by atoms with Crippen molar-refractivity contribution in [3.63, 3.8) is 0 Å². The van der Waals surface area contributed by atoms with Crippen molar-refractivity contribution in [3.8, 4) is 0 Å². The summed E-state index contributed by atoms with van der Waals surface area (Å²) in [6, 6.07) is 5.99. The number of nitrogens with one attached hydrogen (secondary N) is 1. The first-order valence-electron chi connectivity index (χ1n) is 5.67. The highest BCUT2D eigenvalue weighted by atomic mass is 35.5. The molecule has 0 aliphatic rings. The molecule has 4 nitrogen and oxygen atoms in total. The fourth-order valence-corrected chi connectivity index (χ4v) is 1.83. The van der Waals surface area contributed by atoms with Crippen molar-refractivity contribution in [2.45, 2.75) is 19.6 Å². The lowest BCUT2D eigenvalue weighted by atomic mass is 10.2. The summed E-state index contributed by atoms with van der Waals surface area (Å²) in [7, 11) is 0. The number of aromatic nitrogens is 2. The Morgan fingerprint density at radius 1 is 1.53 bits per heavy atom. The van der Waals surface area contributed by atoms with Gasteiger partial charge < -0.3 is 15.0 Å². The van der Waals surface area contributed by atoms with E-state index in [0.717, 1.165) is 23.3 Å². The number of hydrogen-bond acceptors (Lipinski definition) is 3. The van der Waals surface area contributed by atoms with Crippen LogP contribution in [-0.2, 0) is 6.54 Å². The SMILES string of the molecule is CCn1cnc2cc(NCC(O)CCl)ccc21. The maximum atomic E-state index is 9.36. The third-order valence-corrected chi connectivity index (χ3v) is 3.04. The number of fused-ring (bicyclic) bond motifs is 1. The first-order chi connectivity index (χ1) is 8.24. The standard InChI is InChI=1S/C12H16ClN3O/c1-2-16-8-15-11-5-9(3-4-12(11)16)14-7-10(17)6-13/h3-5,8,10,14,17H,2,6-7H2,1H3. The van der Waals surface area contributed by atoms with Crippen LogP contribution in [0, 0.1) is 0 Å². The molecule has 0 aliphatic carbocycles. The summed E-state index contributed by atoms with van der Waals surface area (Å²) < 4.78 is 2.09. The summed E-state index contributed by atoms with van der Waals surface area (Å²) in [5.41, 5.74) is 3.02. The molecule has 1 heterocycles. The van der Waals surface area contributed by atoms with Gasteiger partial charge in [0, 0.05) is 18.8 Å². The average Bonchev–Trinajstić information content (AvgIpc) is 2.78. The van der Waals surface area contributed by atoms with E-state index in [1.807, 2.05) is 24.5 Å². The molecular formula is C12H16ClN3O. The number of aliphatic hydroxyl groups is 1. The van der Waals surface area contributed by atoms with Crippen molar-refractivity contribution in [3.05, 3.63) is 24.5 Å². The molecule has 0 radical (unpaired) electrons. The van der Waals surface area contributed by atoms with Gasteiger partial charge in [0.2, 0.25) is 0 Å². The average molecular weight is 254 g/mol. The zero-order valence-electron chi connectivity index (χ0n) is 9.73. The first-order valence-corrected chi connectivity index (χ1v) is 6.21. The Morgan fingerprint density at radius 2 is 2.35 bits per heavy atom. The Balaban J connectivity index is 2.15. The maximum absolute atomic E-state index is 9.36. The van der Waals surface area contributed by atoms with Gasteiger partial charge in [-0.3, -0.25) is 0 Å². The van der Waals surface area contributed by atoms with Crippen LogP contribution in [0.2, 0.25) is 0 Å². The molecule has 1 aromatic heterocycles. The summed E-state index contributed by atoms with van der Waals surface area (Å²) in [4.78, 5) is 4.33. The zero-order valence-corrected chi connectivity index (χ0v) is 10.5. The Bertz CT molecular complexity index is 497. The largest absolute Gasteiger partial charge is 0.390 e. The van der Waals surface area contributed by atoms with Gasteiger partial charge >= 0.3 is 0 Å². The summed E-state index contributed by atoms with van der Waals surface area (Å²) in [5, 5.41) is 12.5. The molecule has 17 heavy (non-hydrogen) atoms. The van der Waals surface area contributed by atoms with E-state index in [-0.39, 0.29) is 5.88 Å². The predicted molar refractivity (Wildman–Crippen MR) is 70.6 cm³/mol. The van der Waals surface area contributed by atoms with Crippen molar-refractivity contribution < 1.29 is 5.11 Å². The highest BCUT2D eigenvalue weighted by Crippen LogP contribution is 2.18. The second-order valence-electron chi connectivity index (χ2n) is 3.92. The van der Waals surface area contributed by atoms with Crippen LogP contribution < -0.4 is 5.32 Å². The van der Waals surface area contributed by atoms with Gasteiger partial charge in [-0.05, 0) is 25.1 Å². The van der Waals surface area contributed by atoms with Gasteiger partial charge in [0.15, 0.2) is 0 Å². The number of benzene rings is 1. The number of aryl methyl sites for hydroxylation is 1. The number of aliphatic hydroxyl groups excluding tert-OH is 1. The van der Waals surface area contributed by atoms with Gasteiger partial charge in [-0.1, -0.05) is 0 Å². The summed E-state index contributed by atoms with van der Waals surface area (Å²) in [6.45, 7) is 3.45. The minimum absolute atomic E-state index is 0.236. The molecule has 0 bridgehead atoms. The van der Waals surface area contributed by atoms with Crippen LogP contribution >= 0.6 is 11.6 Å². The number of hydrogen-bond donors (Lipinski definition) is 2. The Morgan fingerprint density at radius 3 is 3.06 bits per heavy atom. The van der Waals surface area contributed by atoms with E-state index in [9.17, 15) is 5.11 Å². The van der Waals surface area contributed by atoms with E-state index < -0.39 is 6.10 Å². The van der Waals surface area contributed by atoms with Crippen molar-refractivity contribution in [2.24, 2.45) is 0 Å². The minimum Gasteiger partial charge on any atom is -0.390 e. The first kappa shape index (κ1) is 12.2. The van der Waals surface area contributed by atoms with E-state index in [4.69, 9.17) is 11.6 Å². The third kappa shape index (κ3) is 2.70. The van der Waals surface area contributed by atoms with Crippen LogP contribution in [0.25, 0.3) is 11.0 Å². The van der Waals surface area contributed by atoms with E-state index in [1.54, 1.807) is 0 Å². The van der Waals surface area contributed by atoms with E-state index in [1.165, 1.54) is 0 Å². The molecule has 0 saturated carbocycles. The van der Waals surface area contributed by atoms with Gasteiger partial charge in [0.1, 0.15) is 0 Å². The number of rotatable bonds is 5. The number of alkyl halides is 1. The predicted octanol–water partition coefficient (Wildman–Crippen LogP) is 2.07. The van der Waals surface area contributed by atoms with Crippen LogP contribution in [0.5, 0.6) is 0 Å². The Hall–Kier alpha value is -1.26. The van der Waals surface area contributed by atoms with Crippen molar-refractivity contribution >= 4 is 28.3 Å². The Kier molecular flexibility index (Phi) is 3.86. The smallest absolute Gasteiger partial charge is 0.0958 e. The molecular weight excluding hydrogens is 238 g/mol. The van der Waals surface area contributed by atoms with Gasteiger partial charge in [-0.15, -0.1) is 11.6 Å². The summed E-state index contributed by atoms with van der Waals surface area (Å²) in [5.74, 6) is 0.236. The molecule has 1 aromatic carbocycles. The lowest BCUT2D eigenvalue weighted by molar-refractivity contribution is 0.211. The lowest BCUT2D eigenvalue weighted by Gasteiger charge is -2.10. The molecule has 0 saturated heterocycles. The van der Waals surface area contributed by atoms with Gasteiger partial charge in [-0.25, -0.2) is 4.98 Å². The number of nitrogens with zero attached hydrogens (tertiary/aromatic N) is 2. The zero-order chi connectivity index (χ0) is 12.3. The molecule has 1 unspecified atom stereocenters. The maximum Gasteiger partial charge on any atom is 0.0958 e. The van der Waals surface area contributed by atoms with Crippen LogP contribution in [-0.4, -0.2) is 33.2 Å². The van der Waals surface area contributed by atoms with E-state index in [2.05, 4.69) is 21.8 Å². The summed E-state index contributed by atoms with van der Waals surface area (Å²) >= 11 is 5.53.